The fourth-order valence-corrected chi connectivity index (χ4v) is 1.98. The molecular formula is C11H17NO4. The summed E-state index contributed by atoms with van der Waals surface area (Å²) >= 11 is 0. The zero-order chi connectivity index (χ0) is 11.5. The van der Waals surface area contributed by atoms with Crippen LogP contribution in [0, 0.1) is 0 Å². The minimum atomic E-state index is -0.110. The van der Waals surface area contributed by atoms with Crippen molar-refractivity contribution in [1.29, 1.82) is 0 Å². The van der Waals surface area contributed by atoms with E-state index in [0.29, 0.717) is 32.1 Å². The molecule has 2 rings (SSSR count). The molecule has 2 aliphatic rings. The molecule has 1 fully saturated rings. The molecule has 2 unspecified atom stereocenters. The lowest BCUT2D eigenvalue weighted by Crippen LogP contribution is -2.49. The molecule has 0 spiro atoms. The lowest BCUT2D eigenvalue weighted by molar-refractivity contribution is -0.144. The summed E-state index contributed by atoms with van der Waals surface area (Å²) in [6, 6.07) is 0. The average molecular weight is 227 g/mol. The fourth-order valence-electron chi connectivity index (χ4n) is 1.98. The van der Waals surface area contributed by atoms with E-state index in [0.717, 1.165) is 0 Å². The van der Waals surface area contributed by atoms with Gasteiger partial charge < -0.3 is 19.1 Å². The zero-order valence-corrected chi connectivity index (χ0v) is 9.64. The molecule has 2 heterocycles. The molecule has 1 saturated heterocycles. The highest BCUT2D eigenvalue weighted by molar-refractivity contribution is 5.91. The third kappa shape index (κ3) is 2.47. The van der Waals surface area contributed by atoms with E-state index in [9.17, 15) is 4.79 Å². The van der Waals surface area contributed by atoms with E-state index in [4.69, 9.17) is 14.2 Å². The number of amides is 1. The number of carbonyl (C=O) groups is 1. The maximum Gasteiger partial charge on any atom is 0.292 e. The van der Waals surface area contributed by atoms with E-state index in [1.165, 1.54) is 6.26 Å². The van der Waals surface area contributed by atoms with Crippen molar-refractivity contribution < 1.29 is 19.0 Å². The van der Waals surface area contributed by atoms with Crippen LogP contribution in [0.4, 0.5) is 0 Å². The Morgan fingerprint density at radius 2 is 2.00 bits per heavy atom. The Bertz CT molecular complexity index is 292. The number of morpholine rings is 1. The number of ether oxygens (including phenoxy) is 3. The average Bonchev–Trinajstić information content (AvgIpc) is 2.28. The van der Waals surface area contributed by atoms with Crippen LogP contribution in [0.2, 0.25) is 0 Å². The van der Waals surface area contributed by atoms with Gasteiger partial charge in [0, 0.05) is 13.1 Å². The van der Waals surface area contributed by atoms with Crippen molar-refractivity contribution in [2.75, 3.05) is 26.3 Å². The van der Waals surface area contributed by atoms with Crippen molar-refractivity contribution in [3.8, 4) is 0 Å². The minimum Gasteiger partial charge on any atom is -0.494 e. The first-order valence-corrected chi connectivity index (χ1v) is 5.56. The van der Waals surface area contributed by atoms with Crippen LogP contribution in [0.15, 0.2) is 12.0 Å². The molecule has 0 aromatic rings. The summed E-state index contributed by atoms with van der Waals surface area (Å²) < 4.78 is 15.9. The van der Waals surface area contributed by atoms with E-state index >= 15 is 0 Å². The quantitative estimate of drug-likeness (QED) is 0.655. The Labute approximate surface area is 94.9 Å². The van der Waals surface area contributed by atoms with E-state index in [1.54, 1.807) is 4.90 Å². The monoisotopic (exact) mass is 227 g/mol. The second kappa shape index (κ2) is 4.74. The van der Waals surface area contributed by atoms with Gasteiger partial charge in [0.05, 0.1) is 12.2 Å². The molecule has 0 bridgehead atoms. The molecule has 0 saturated carbocycles. The Hall–Kier alpha value is -1.23. The number of carbonyl (C=O) groups excluding carboxylic acids is 1. The molecule has 0 aromatic heterocycles. The van der Waals surface area contributed by atoms with Gasteiger partial charge in [-0.1, -0.05) is 0 Å². The van der Waals surface area contributed by atoms with Crippen molar-refractivity contribution >= 4 is 5.91 Å². The second-order valence-electron chi connectivity index (χ2n) is 4.17. The van der Waals surface area contributed by atoms with Gasteiger partial charge in [0.25, 0.3) is 5.91 Å². The standard InChI is InChI=1S/C11H17NO4/c1-8-5-12(6-9(2)16-8)11(13)10-7-14-3-4-15-10/h7-9H,3-6H2,1-2H3. The fraction of sp³-hybridized carbons (Fsp3) is 0.727. The van der Waals surface area contributed by atoms with Crippen LogP contribution in [0.3, 0.4) is 0 Å². The topological polar surface area (TPSA) is 48.0 Å². The first-order valence-electron chi connectivity index (χ1n) is 5.56. The smallest absolute Gasteiger partial charge is 0.292 e. The SMILES string of the molecule is CC1CN(C(=O)C2=COCCO2)CC(C)O1. The third-order valence-corrected chi connectivity index (χ3v) is 2.57. The highest BCUT2D eigenvalue weighted by Crippen LogP contribution is 2.15. The molecule has 90 valence electrons. The van der Waals surface area contributed by atoms with E-state index < -0.39 is 0 Å². The predicted octanol–water partition coefficient (Wildman–Crippen LogP) is 0.510. The predicted molar refractivity (Wildman–Crippen MR) is 56.6 cm³/mol. The van der Waals surface area contributed by atoms with Gasteiger partial charge in [-0.15, -0.1) is 0 Å². The number of hydrogen-bond donors (Lipinski definition) is 0. The van der Waals surface area contributed by atoms with Crippen LogP contribution >= 0.6 is 0 Å². The molecule has 0 aromatic carbocycles. The van der Waals surface area contributed by atoms with Crippen LogP contribution < -0.4 is 0 Å². The third-order valence-electron chi connectivity index (χ3n) is 2.57. The normalized spacial score (nSPS) is 30.1. The van der Waals surface area contributed by atoms with Crippen molar-refractivity contribution in [3.05, 3.63) is 12.0 Å². The molecule has 1 amide bonds. The van der Waals surface area contributed by atoms with Gasteiger partial charge in [0.1, 0.15) is 19.5 Å². The zero-order valence-electron chi connectivity index (χ0n) is 9.64. The Morgan fingerprint density at radius 3 is 2.56 bits per heavy atom. The highest BCUT2D eigenvalue weighted by atomic mass is 16.6. The molecule has 0 aliphatic carbocycles. The van der Waals surface area contributed by atoms with Crippen molar-refractivity contribution in [1.82, 2.24) is 4.90 Å². The summed E-state index contributed by atoms with van der Waals surface area (Å²) in [7, 11) is 0. The lowest BCUT2D eigenvalue weighted by Gasteiger charge is -2.35. The molecule has 0 radical (unpaired) electrons. The molecule has 0 N–H and O–H groups in total. The van der Waals surface area contributed by atoms with E-state index in [1.807, 2.05) is 13.8 Å². The highest BCUT2D eigenvalue weighted by Gasteiger charge is 2.29. The van der Waals surface area contributed by atoms with Crippen LogP contribution in [-0.4, -0.2) is 49.3 Å². The maximum absolute atomic E-state index is 12.0. The van der Waals surface area contributed by atoms with Gasteiger partial charge in [-0.3, -0.25) is 4.79 Å². The van der Waals surface area contributed by atoms with Crippen LogP contribution in [0.25, 0.3) is 0 Å². The van der Waals surface area contributed by atoms with Gasteiger partial charge >= 0.3 is 0 Å². The van der Waals surface area contributed by atoms with Crippen LogP contribution in [0.1, 0.15) is 13.8 Å². The summed E-state index contributed by atoms with van der Waals surface area (Å²) in [5, 5.41) is 0. The van der Waals surface area contributed by atoms with Crippen LogP contribution in [0.5, 0.6) is 0 Å². The Morgan fingerprint density at radius 1 is 1.31 bits per heavy atom. The molecule has 5 nitrogen and oxygen atoms in total. The van der Waals surface area contributed by atoms with E-state index in [2.05, 4.69) is 0 Å². The Balaban J connectivity index is 2.00. The van der Waals surface area contributed by atoms with Crippen LogP contribution in [-0.2, 0) is 19.0 Å². The number of hydrogen-bond acceptors (Lipinski definition) is 4. The van der Waals surface area contributed by atoms with Gasteiger partial charge in [-0.05, 0) is 13.8 Å². The second-order valence-corrected chi connectivity index (χ2v) is 4.17. The van der Waals surface area contributed by atoms with Gasteiger partial charge in [0.15, 0.2) is 0 Å². The van der Waals surface area contributed by atoms with Crippen molar-refractivity contribution in [2.24, 2.45) is 0 Å². The molecule has 2 atom stereocenters. The van der Waals surface area contributed by atoms with Gasteiger partial charge in [0.2, 0.25) is 5.76 Å². The first kappa shape index (κ1) is 11.3. The summed E-state index contributed by atoms with van der Waals surface area (Å²) in [5.74, 6) is 0.189. The lowest BCUT2D eigenvalue weighted by atomic mass is 10.2. The summed E-state index contributed by atoms with van der Waals surface area (Å²) in [6.45, 7) is 6.07. The molecular weight excluding hydrogens is 210 g/mol. The first-order chi connectivity index (χ1) is 7.66. The summed E-state index contributed by atoms with van der Waals surface area (Å²) in [5.41, 5.74) is 0. The van der Waals surface area contributed by atoms with Gasteiger partial charge in [-0.2, -0.15) is 0 Å². The molecule has 2 aliphatic heterocycles. The molecule has 16 heavy (non-hydrogen) atoms. The largest absolute Gasteiger partial charge is 0.494 e. The summed E-state index contributed by atoms with van der Waals surface area (Å²) in [6.07, 6.45) is 1.53. The van der Waals surface area contributed by atoms with Gasteiger partial charge in [-0.25, -0.2) is 0 Å². The van der Waals surface area contributed by atoms with Crippen molar-refractivity contribution in [2.45, 2.75) is 26.1 Å². The van der Waals surface area contributed by atoms with E-state index in [-0.39, 0.29) is 18.1 Å². The Kier molecular flexibility index (Phi) is 3.33. The number of nitrogens with zero attached hydrogens (tertiary/aromatic N) is 1. The van der Waals surface area contributed by atoms with Crippen molar-refractivity contribution in [3.63, 3.8) is 0 Å². The number of rotatable bonds is 1. The maximum atomic E-state index is 12.0. The summed E-state index contributed by atoms with van der Waals surface area (Å²) in [4.78, 5) is 13.8. The minimum absolute atomic E-state index is 0.0674. The molecule has 5 heteroatoms.